The van der Waals surface area contributed by atoms with E-state index in [0.29, 0.717) is 39.0 Å². The molecule has 0 bridgehead atoms. The smallest absolute Gasteiger partial charge is 0.326 e. The first kappa shape index (κ1) is 34.5. The van der Waals surface area contributed by atoms with E-state index in [-0.39, 0.29) is 61.3 Å². The monoisotopic (exact) mass is 555 g/mol. The number of hydrogen-bond acceptors (Lipinski definition) is 7. The van der Waals surface area contributed by atoms with Crippen LogP contribution in [0, 0.1) is 11.8 Å². The summed E-state index contributed by atoms with van der Waals surface area (Å²) in [6.45, 7) is 14.2. The van der Waals surface area contributed by atoms with Crippen LogP contribution in [-0.2, 0) is 33.4 Å². The molecule has 0 aliphatic carbocycles. The first-order valence-electron chi connectivity index (χ1n) is 14.0. The summed E-state index contributed by atoms with van der Waals surface area (Å²) in [6, 6.07) is -0.916. The van der Waals surface area contributed by atoms with Gasteiger partial charge in [-0.2, -0.15) is 0 Å². The highest BCUT2D eigenvalue weighted by Crippen LogP contribution is 2.24. The Hall–Kier alpha value is -2.53. The third kappa shape index (κ3) is 12.9. The lowest BCUT2D eigenvalue weighted by molar-refractivity contribution is -0.143. The Labute approximate surface area is 232 Å². The van der Waals surface area contributed by atoms with E-state index >= 15 is 0 Å². The molecule has 4 amide bonds. The van der Waals surface area contributed by atoms with Gasteiger partial charge in [0.05, 0.1) is 24.4 Å². The summed E-state index contributed by atoms with van der Waals surface area (Å²) in [5.74, 6) is -2.46. The van der Waals surface area contributed by atoms with Crippen LogP contribution in [-0.4, -0.2) is 83.2 Å². The second-order valence-electron chi connectivity index (χ2n) is 11.8. The maximum Gasteiger partial charge on any atom is 0.326 e. The number of carboxylic acid groups (broad SMARTS) is 1. The first-order chi connectivity index (χ1) is 18.1. The quantitative estimate of drug-likeness (QED) is 0.163. The molecule has 3 N–H and O–H groups in total. The van der Waals surface area contributed by atoms with Crippen LogP contribution in [0.2, 0.25) is 0 Å². The zero-order chi connectivity index (χ0) is 29.8. The number of amides is 4. The lowest BCUT2D eigenvalue weighted by Gasteiger charge is -2.30. The van der Waals surface area contributed by atoms with Crippen molar-refractivity contribution in [3.63, 3.8) is 0 Å². The molecular weight excluding hydrogens is 506 g/mol. The fourth-order valence-electron chi connectivity index (χ4n) is 4.27. The summed E-state index contributed by atoms with van der Waals surface area (Å²) < 4.78 is 11.9. The standard InChI is InChI=1S/C28H49N3O8/c1-8-9-20-18-23(34)31(25(20)35)15-11-21(32)29-14-17-39-28(6,7)13-16-38-27(4,5)12-10-22(33)30-24(19(2)3)26(36)37/h19-20,24H,8-18H2,1-7H3,(H,29,32)(H,30,33)(H,36,37). The molecule has 11 nitrogen and oxygen atoms in total. The maximum atomic E-state index is 12.3. The highest BCUT2D eigenvalue weighted by Gasteiger charge is 2.37. The second kappa shape index (κ2) is 15.9. The summed E-state index contributed by atoms with van der Waals surface area (Å²) >= 11 is 0. The van der Waals surface area contributed by atoms with E-state index in [1.54, 1.807) is 13.8 Å². The van der Waals surface area contributed by atoms with E-state index in [4.69, 9.17) is 9.47 Å². The van der Waals surface area contributed by atoms with Crippen LogP contribution in [0.5, 0.6) is 0 Å². The molecule has 39 heavy (non-hydrogen) atoms. The molecule has 1 heterocycles. The van der Waals surface area contributed by atoms with Crippen LogP contribution in [0.25, 0.3) is 0 Å². The minimum absolute atomic E-state index is 0.0646. The van der Waals surface area contributed by atoms with Crippen molar-refractivity contribution in [2.45, 2.75) is 111 Å². The van der Waals surface area contributed by atoms with Crippen LogP contribution in [0.3, 0.4) is 0 Å². The van der Waals surface area contributed by atoms with E-state index in [9.17, 15) is 29.1 Å². The van der Waals surface area contributed by atoms with Crippen LogP contribution >= 0.6 is 0 Å². The molecule has 0 aromatic rings. The Morgan fingerprint density at radius 3 is 2.21 bits per heavy atom. The van der Waals surface area contributed by atoms with Crippen LogP contribution in [0.15, 0.2) is 0 Å². The summed E-state index contributed by atoms with van der Waals surface area (Å²) in [7, 11) is 0. The van der Waals surface area contributed by atoms with E-state index in [1.807, 2.05) is 34.6 Å². The van der Waals surface area contributed by atoms with Gasteiger partial charge in [-0.3, -0.25) is 24.1 Å². The molecule has 1 rings (SSSR count). The van der Waals surface area contributed by atoms with Crippen molar-refractivity contribution >= 4 is 29.6 Å². The predicted molar refractivity (Wildman–Crippen MR) is 146 cm³/mol. The number of rotatable bonds is 19. The minimum Gasteiger partial charge on any atom is -0.480 e. The van der Waals surface area contributed by atoms with Gasteiger partial charge in [0.15, 0.2) is 0 Å². The van der Waals surface area contributed by atoms with Crippen molar-refractivity contribution in [2.24, 2.45) is 11.8 Å². The van der Waals surface area contributed by atoms with Crippen LogP contribution < -0.4 is 10.6 Å². The van der Waals surface area contributed by atoms with Gasteiger partial charge in [0.2, 0.25) is 23.6 Å². The fraction of sp³-hybridized carbons (Fsp3) is 0.821. The van der Waals surface area contributed by atoms with Crippen molar-refractivity contribution in [3.05, 3.63) is 0 Å². The number of likely N-dealkylation sites (tertiary alicyclic amines) is 1. The average Bonchev–Trinajstić information content (AvgIpc) is 3.09. The van der Waals surface area contributed by atoms with E-state index in [1.165, 1.54) is 4.90 Å². The zero-order valence-corrected chi connectivity index (χ0v) is 24.8. The molecule has 224 valence electrons. The van der Waals surface area contributed by atoms with Gasteiger partial charge < -0.3 is 25.2 Å². The number of carbonyl (C=O) groups is 5. The lowest BCUT2D eigenvalue weighted by Crippen LogP contribution is -2.44. The molecule has 1 aliphatic rings. The Bertz CT molecular complexity index is 856. The van der Waals surface area contributed by atoms with Gasteiger partial charge in [0.25, 0.3) is 0 Å². The summed E-state index contributed by atoms with van der Waals surface area (Å²) in [6.07, 6.45) is 3.00. The molecule has 0 radical (unpaired) electrons. The normalized spacial score (nSPS) is 17.0. The predicted octanol–water partition coefficient (Wildman–Crippen LogP) is 2.65. The zero-order valence-electron chi connectivity index (χ0n) is 24.8. The van der Waals surface area contributed by atoms with Gasteiger partial charge in [0.1, 0.15) is 6.04 Å². The Morgan fingerprint density at radius 1 is 1.00 bits per heavy atom. The average molecular weight is 556 g/mol. The number of nitrogens with one attached hydrogen (secondary N) is 2. The molecule has 11 heteroatoms. The third-order valence-corrected chi connectivity index (χ3v) is 6.85. The van der Waals surface area contributed by atoms with Crippen molar-refractivity contribution in [1.29, 1.82) is 0 Å². The van der Waals surface area contributed by atoms with Gasteiger partial charge in [-0.15, -0.1) is 0 Å². The van der Waals surface area contributed by atoms with Crippen molar-refractivity contribution < 1.29 is 38.6 Å². The molecule has 2 unspecified atom stereocenters. The molecule has 0 spiro atoms. The fourth-order valence-corrected chi connectivity index (χ4v) is 4.27. The molecule has 0 saturated carbocycles. The third-order valence-electron chi connectivity index (χ3n) is 6.85. The maximum absolute atomic E-state index is 12.3. The van der Waals surface area contributed by atoms with Crippen molar-refractivity contribution in [2.75, 3.05) is 26.3 Å². The van der Waals surface area contributed by atoms with Gasteiger partial charge in [0, 0.05) is 38.3 Å². The van der Waals surface area contributed by atoms with E-state index in [0.717, 1.165) is 6.42 Å². The first-order valence-corrected chi connectivity index (χ1v) is 14.0. The van der Waals surface area contributed by atoms with Crippen LogP contribution in [0.4, 0.5) is 0 Å². The van der Waals surface area contributed by atoms with Crippen molar-refractivity contribution in [1.82, 2.24) is 15.5 Å². The largest absolute Gasteiger partial charge is 0.480 e. The highest BCUT2D eigenvalue weighted by atomic mass is 16.5. The molecule has 1 aliphatic heterocycles. The minimum atomic E-state index is -1.05. The number of imide groups is 1. The number of carbonyl (C=O) groups excluding carboxylic acids is 4. The second-order valence-corrected chi connectivity index (χ2v) is 11.8. The summed E-state index contributed by atoms with van der Waals surface area (Å²) in [5.41, 5.74) is -1.08. The summed E-state index contributed by atoms with van der Waals surface area (Å²) in [5, 5.41) is 14.5. The lowest BCUT2D eigenvalue weighted by atomic mass is 10.00. The van der Waals surface area contributed by atoms with Gasteiger partial charge in [-0.25, -0.2) is 4.79 Å². The Kier molecular flexibility index (Phi) is 14.1. The van der Waals surface area contributed by atoms with Crippen LogP contribution in [0.1, 0.15) is 93.4 Å². The number of ether oxygens (including phenoxy) is 2. The Balaban J connectivity index is 2.27. The topological polar surface area (TPSA) is 151 Å². The number of aliphatic carboxylic acids is 1. The highest BCUT2D eigenvalue weighted by molar-refractivity contribution is 6.03. The SMILES string of the molecule is CCCC1CC(=O)N(CCC(=O)NCCOC(C)(C)CCOC(C)(C)CCC(=O)NC(C(=O)O)C(C)C)C1=O. The molecule has 0 aromatic heterocycles. The number of carboxylic acids is 1. The molecule has 2 atom stereocenters. The molecular formula is C28H49N3O8. The Morgan fingerprint density at radius 2 is 1.62 bits per heavy atom. The van der Waals surface area contributed by atoms with E-state index in [2.05, 4.69) is 10.6 Å². The van der Waals surface area contributed by atoms with Gasteiger partial charge >= 0.3 is 5.97 Å². The molecule has 0 aromatic carbocycles. The number of hydrogen-bond donors (Lipinski definition) is 3. The summed E-state index contributed by atoms with van der Waals surface area (Å²) in [4.78, 5) is 61.2. The molecule has 1 saturated heterocycles. The van der Waals surface area contributed by atoms with Gasteiger partial charge in [-0.05, 0) is 52.9 Å². The van der Waals surface area contributed by atoms with Crippen molar-refractivity contribution in [3.8, 4) is 0 Å². The molecule has 1 fully saturated rings. The van der Waals surface area contributed by atoms with E-state index < -0.39 is 23.2 Å². The van der Waals surface area contributed by atoms with Gasteiger partial charge in [-0.1, -0.05) is 27.2 Å². The number of nitrogens with zero attached hydrogens (tertiary/aromatic N) is 1.